The number of hydrogen-bond acceptors (Lipinski definition) is 2. The summed E-state index contributed by atoms with van der Waals surface area (Å²) in [5, 5.41) is 6.99. The van der Waals surface area contributed by atoms with Gasteiger partial charge in [-0.05, 0) is 43.0 Å². The first-order valence-corrected chi connectivity index (χ1v) is 10.6. The lowest BCUT2D eigenvalue weighted by molar-refractivity contribution is -0.119. The molecule has 1 aliphatic carbocycles. The minimum atomic E-state index is -0.298. The standard InChI is InChI=1S/C25H27N3O2/c1-17-9-5-7-13-21(17)27-25(30)23(28-24(29)18-10-3-2-4-11-18)15-19-16-26-22-14-8-6-12-20(19)22/h2-4,6,8,10-12,14-17,21,26H,5,7,9,13H2,1H3,(H,27,30)(H,28,29)/b23-15-. The first kappa shape index (κ1) is 20.0. The number of aromatic nitrogens is 1. The van der Waals surface area contributed by atoms with Gasteiger partial charge < -0.3 is 15.6 Å². The Hall–Kier alpha value is -3.34. The van der Waals surface area contributed by atoms with Gasteiger partial charge in [-0.2, -0.15) is 0 Å². The Bertz CT molecular complexity index is 1070. The summed E-state index contributed by atoms with van der Waals surface area (Å²) in [5.74, 6) is -0.112. The van der Waals surface area contributed by atoms with Crippen molar-refractivity contribution < 1.29 is 9.59 Å². The van der Waals surface area contributed by atoms with Gasteiger partial charge in [0.25, 0.3) is 11.8 Å². The topological polar surface area (TPSA) is 74.0 Å². The maximum Gasteiger partial charge on any atom is 0.268 e. The van der Waals surface area contributed by atoms with Gasteiger partial charge in [-0.1, -0.05) is 56.2 Å². The van der Waals surface area contributed by atoms with Crippen LogP contribution in [0.4, 0.5) is 0 Å². The smallest absolute Gasteiger partial charge is 0.268 e. The van der Waals surface area contributed by atoms with E-state index in [2.05, 4.69) is 22.5 Å². The van der Waals surface area contributed by atoms with Crippen LogP contribution in [0.3, 0.4) is 0 Å². The average Bonchev–Trinajstić information content (AvgIpc) is 3.18. The van der Waals surface area contributed by atoms with Crippen LogP contribution >= 0.6 is 0 Å². The Kier molecular flexibility index (Phi) is 5.98. The van der Waals surface area contributed by atoms with Gasteiger partial charge in [-0.25, -0.2) is 0 Å². The van der Waals surface area contributed by atoms with E-state index < -0.39 is 0 Å². The summed E-state index contributed by atoms with van der Waals surface area (Å²) in [6, 6.07) is 17.0. The quantitative estimate of drug-likeness (QED) is 0.545. The SMILES string of the molecule is CC1CCCCC1NC(=O)/C(=C/c1c[nH]c2ccccc12)NC(=O)c1ccccc1. The summed E-state index contributed by atoms with van der Waals surface area (Å²) >= 11 is 0. The molecule has 5 heteroatoms. The molecule has 0 aliphatic heterocycles. The third-order valence-electron chi connectivity index (χ3n) is 5.88. The third-order valence-corrected chi connectivity index (χ3v) is 5.88. The molecule has 0 bridgehead atoms. The van der Waals surface area contributed by atoms with E-state index in [-0.39, 0.29) is 23.6 Å². The second-order valence-corrected chi connectivity index (χ2v) is 8.01. The van der Waals surface area contributed by atoms with Gasteiger partial charge in [0.05, 0.1) is 0 Å². The maximum atomic E-state index is 13.2. The number of rotatable bonds is 5. The van der Waals surface area contributed by atoms with Crippen molar-refractivity contribution in [2.75, 3.05) is 0 Å². The van der Waals surface area contributed by atoms with E-state index in [9.17, 15) is 9.59 Å². The molecule has 2 aromatic carbocycles. The molecule has 3 aromatic rings. The number of fused-ring (bicyclic) bond motifs is 1. The Morgan fingerprint density at radius 1 is 1.00 bits per heavy atom. The van der Waals surface area contributed by atoms with E-state index in [1.165, 1.54) is 6.42 Å². The van der Waals surface area contributed by atoms with Gasteiger partial charge in [0.15, 0.2) is 0 Å². The van der Waals surface area contributed by atoms with Gasteiger partial charge in [0.1, 0.15) is 5.70 Å². The van der Waals surface area contributed by atoms with Crippen LogP contribution in [0.5, 0.6) is 0 Å². The molecular weight excluding hydrogens is 374 g/mol. The van der Waals surface area contributed by atoms with Crippen LogP contribution in [-0.4, -0.2) is 22.8 Å². The summed E-state index contributed by atoms with van der Waals surface area (Å²) in [5.41, 5.74) is 2.62. The van der Waals surface area contributed by atoms with E-state index in [0.717, 1.165) is 35.7 Å². The van der Waals surface area contributed by atoms with Gasteiger partial charge in [0.2, 0.25) is 0 Å². The van der Waals surface area contributed by atoms with Crippen LogP contribution in [-0.2, 0) is 4.79 Å². The van der Waals surface area contributed by atoms with Crippen molar-refractivity contribution in [2.45, 2.75) is 38.6 Å². The minimum absolute atomic E-state index is 0.131. The lowest BCUT2D eigenvalue weighted by Crippen LogP contribution is -2.44. The molecule has 154 valence electrons. The zero-order valence-electron chi connectivity index (χ0n) is 17.2. The molecule has 2 atom stereocenters. The average molecular weight is 402 g/mol. The van der Waals surface area contributed by atoms with E-state index in [1.54, 1.807) is 18.2 Å². The first-order valence-electron chi connectivity index (χ1n) is 10.6. The van der Waals surface area contributed by atoms with Gasteiger partial charge >= 0.3 is 0 Å². The monoisotopic (exact) mass is 401 g/mol. The number of carbonyl (C=O) groups excluding carboxylic acids is 2. The van der Waals surface area contributed by atoms with Crippen molar-refractivity contribution in [3.63, 3.8) is 0 Å². The number of hydrogen-bond donors (Lipinski definition) is 3. The second kappa shape index (κ2) is 8.99. The Labute approximate surface area is 176 Å². The van der Waals surface area contributed by atoms with Crippen molar-refractivity contribution in [3.8, 4) is 0 Å². The number of H-pyrrole nitrogens is 1. The van der Waals surface area contributed by atoms with Gasteiger partial charge in [-0.15, -0.1) is 0 Å². The molecule has 2 unspecified atom stereocenters. The van der Waals surface area contributed by atoms with Crippen molar-refractivity contribution in [2.24, 2.45) is 5.92 Å². The molecule has 4 rings (SSSR count). The maximum absolute atomic E-state index is 13.2. The highest BCUT2D eigenvalue weighted by molar-refractivity contribution is 6.06. The molecule has 0 radical (unpaired) electrons. The first-order chi connectivity index (χ1) is 14.6. The summed E-state index contributed by atoms with van der Waals surface area (Å²) in [6.45, 7) is 2.18. The zero-order valence-corrected chi connectivity index (χ0v) is 17.2. The summed E-state index contributed by atoms with van der Waals surface area (Å²) < 4.78 is 0. The predicted molar refractivity (Wildman–Crippen MR) is 120 cm³/mol. The highest BCUT2D eigenvalue weighted by Crippen LogP contribution is 2.24. The van der Waals surface area contributed by atoms with Crippen molar-refractivity contribution in [1.82, 2.24) is 15.6 Å². The molecule has 3 N–H and O–H groups in total. The Balaban J connectivity index is 1.63. The molecule has 0 saturated heterocycles. The van der Waals surface area contributed by atoms with Crippen LogP contribution in [0.1, 0.15) is 48.5 Å². The van der Waals surface area contributed by atoms with E-state index in [4.69, 9.17) is 0 Å². The molecule has 5 nitrogen and oxygen atoms in total. The van der Waals surface area contributed by atoms with Crippen molar-refractivity contribution >= 4 is 28.8 Å². The molecule has 2 amide bonds. The van der Waals surface area contributed by atoms with Gasteiger partial charge in [-0.3, -0.25) is 9.59 Å². The largest absolute Gasteiger partial charge is 0.361 e. The number of para-hydroxylation sites is 1. The molecule has 1 aliphatic rings. The fourth-order valence-electron chi connectivity index (χ4n) is 4.09. The number of amides is 2. The van der Waals surface area contributed by atoms with Crippen LogP contribution in [0.15, 0.2) is 66.5 Å². The molecule has 1 fully saturated rings. The lowest BCUT2D eigenvalue weighted by Gasteiger charge is -2.29. The van der Waals surface area contributed by atoms with E-state index >= 15 is 0 Å². The van der Waals surface area contributed by atoms with Crippen LogP contribution in [0.2, 0.25) is 0 Å². The third kappa shape index (κ3) is 4.46. The number of nitrogens with one attached hydrogen (secondary N) is 3. The zero-order chi connectivity index (χ0) is 20.9. The summed E-state index contributed by atoms with van der Waals surface area (Å²) in [6.07, 6.45) is 8.02. The molecule has 1 saturated carbocycles. The number of carbonyl (C=O) groups is 2. The number of aromatic amines is 1. The fraction of sp³-hybridized carbons (Fsp3) is 0.280. The molecule has 1 heterocycles. The van der Waals surface area contributed by atoms with Gasteiger partial charge in [0, 0.05) is 34.3 Å². The second-order valence-electron chi connectivity index (χ2n) is 8.01. The minimum Gasteiger partial charge on any atom is -0.361 e. The van der Waals surface area contributed by atoms with E-state index in [0.29, 0.717) is 11.5 Å². The van der Waals surface area contributed by atoms with Crippen LogP contribution in [0, 0.1) is 5.92 Å². The molecular formula is C25H27N3O2. The lowest BCUT2D eigenvalue weighted by atomic mass is 9.86. The Morgan fingerprint density at radius 2 is 1.73 bits per heavy atom. The highest BCUT2D eigenvalue weighted by Gasteiger charge is 2.25. The Morgan fingerprint density at radius 3 is 2.53 bits per heavy atom. The number of benzene rings is 2. The molecule has 1 aromatic heterocycles. The predicted octanol–water partition coefficient (Wildman–Crippen LogP) is 4.63. The highest BCUT2D eigenvalue weighted by atomic mass is 16.2. The van der Waals surface area contributed by atoms with Crippen molar-refractivity contribution in [1.29, 1.82) is 0 Å². The van der Waals surface area contributed by atoms with Crippen LogP contribution in [0.25, 0.3) is 17.0 Å². The van der Waals surface area contributed by atoms with Crippen LogP contribution < -0.4 is 10.6 Å². The van der Waals surface area contributed by atoms with Crippen molar-refractivity contribution in [3.05, 3.63) is 77.6 Å². The van der Waals surface area contributed by atoms with E-state index in [1.807, 2.05) is 48.7 Å². The molecule has 30 heavy (non-hydrogen) atoms. The fourth-order valence-corrected chi connectivity index (χ4v) is 4.09. The summed E-state index contributed by atoms with van der Waals surface area (Å²) in [7, 11) is 0. The molecule has 0 spiro atoms. The summed E-state index contributed by atoms with van der Waals surface area (Å²) in [4.78, 5) is 29.2. The normalized spacial score (nSPS) is 19.4.